The van der Waals surface area contributed by atoms with E-state index in [1.54, 1.807) is 0 Å². The largest absolute Gasteiger partial charge is 0.311 e. The maximum atomic E-state index is 2.37. The number of anilines is 3. The lowest BCUT2D eigenvalue weighted by molar-refractivity contribution is 1.28. The normalized spacial score (nSPS) is 11.3. The molecule has 0 saturated carbocycles. The third-order valence-electron chi connectivity index (χ3n) is 10.9. The van der Waals surface area contributed by atoms with Crippen LogP contribution in [0, 0.1) is 0 Å². The van der Waals surface area contributed by atoms with Gasteiger partial charge in [0.2, 0.25) is 0 Å². The molecule has 0 spiro atoms. The Kier molecular flexibility index (Phi) is 8.24. The quantitative estimate of drug-likeness (QED) is 0.150. The maximum absolute atomic E-state index is 2.37. The van der Waals surface area contributed by atoms with E-state index >= 15 is 0 Å². The molecule has 1 heteroatoms. The van der Waals surface area contributed by atoms with E-state index < -0.39 is 0 Å². The first-order valence-electron chi connectivity index (χ1n) is 18.9. The number of fused-ring (bicyclic) bond motifs is 6. The Hall–Kier alpha value is -7.22. The van der Waals surface area contributed by atoms with Gasteiger partial charge in [0.1, 0.15) is 0 Å². The van der Waals surface area contributed by atoms with Gasteiger partial charge in [0.15, 0.2) is 0 Å². The van der Waals surface area contributed by atoms with Crippen molar-refractivity contribution in [3.05, 3.63) is 224 Å². The smallest absolute Gasteiger partial charge is 0.0462 e. The molecule has 0 atom stereocenters. The first kappa shape index (κ1) is 32.4. The Morgan fingerprint density at radius 2 is 0.436 bits per heavy atom. The van der Waals surface area contributed by atoms with Crippen LogP contribution in [0.25, 0.3) is 76.8 Å². The molecule has 1 nitrogen and oxygen atoms in total. The SMILES string of the molecule is c1ccc(-c2ccc(N(c3ccc(-c4ccccc4)cc3)c3ccc(-c4ccc5c6ccc(-c7ccccc7)cc6c6ccccc6c5c4)cc3)cc2)cc1. The summed E-state index contributed by atoms with van der Waals surface area (Å²) in [5.41, 5.74) is 13.0. The molecular formula is C54H37N. The second-order valence-corrected chi connectivity index (χ2v) is 14.1. The van der Waals surface area contributed by atoms with Crippen LogP contribution < -0.4 is 4.90 Å². The average molecular weight is 700 g/mol. The lowest BCUT2D eigenvalue weighted by Crippen LogP contribution is -2.09. The van der Waals surface area contributed by atoms with Gasteiger partial charge in [0.05, 0.1) is 0 Å². The molecule has 0 saturated heterocycles. The highest BCUT2D eigenvalue weighted by molar-refractivity contribution is 6.26. The van der Waals surface area contributed by atoms with Crippen molar-refractivity contribution in [2.45, 2.75) is 0 Å². The van der Waals surface area contributed by atoms with E-state index in [1.165, 1.54) is 76.8 Å². The van der Waals surface area contributed by atoms with Crippen molar-refractivity contribution < 1.29 is 0 Å². The average Bonchev–Trinajstić information content (AvgIpc) is 3.28. The van der Waals surface area contributed by atoms with E-state index in [4.69, 9.17) is 0 Å². The molecule has 0 fully saturated rings. The van der Waals surface area contributed by atoms with Crippen LogP contribution >= 0.6 is 0 Å². The molecule has 0 heterocycles. The van der Waals surface area contributed by atoms with Gasteiger partial charge < -0.3 is 4.90 Å². The summed E-state index contributed by atoms with van der Waals surface area (Å²) in [6, 6.07) is 81.3. The summed E-state index contributed by atoms with van der Waals surface area (Å²) in [6.45, 7) is 0. The minimum Gasteiger partial charge on any atom is -0.311 e. The fourth-order valence-corrected chi connectivity index (χ4v) is 8.06. The third kappa shape index (κ3) is 6.12. The van der Waals surface area contributed by atoms with Gasteiger partial charge in [-0.3, -0.25) is 0 Å². The molecule has 0 aromatic heterocycles. The number of hydrogen-bond acceptors (Lipinski definition) is 1. The summed E-state index contributed by atoms with van der Waals surface area (Å²) in [6.07, 6.45) is 0. The predicted molar refractivity (Wildman–Crippen MR) is 235 cm³/mol. The summed E-state index contributed by atoms with van der Waals surface area (Å²) in [5, 5.41) is 7.67. The molecule has 10 rings (SSSR count). The molecule has 258 valence electrons. The molecule has 55 heavy (non-hydrogen) atoms. The van der Waals surface area contributed by atoms with E-state index in [-0.39, 0.29) is 0 Å². The van der Waals surface area contributed by atoms with Gasteiger partial charge in [-0.05, 0) is 125 Å². The Morgan fingerprint density at radius 1 is 0.182 bits per heavy atom. The van der Waals surface area contributed by atoms with Crippen molar-refractivity contribution in [3.63, 3.8) is 0 Å². The van der Waals surface area contributed by atoms with Gasteiger partial charge in [-0.25, -0.2) is 0 Å². The van der Waals surface area contributed by atoms with E-state index in [0.29, 0.717) is 0 Å². The Morgan fingerprint density at radius 3 is 0.800 bits per heavy atom. The molecule has 0 aliphatic heterocycles. The summed E-state index contributed by atoms with van der Waals surface area (Å²) in [7, 11) is 0. The number of rotatable bonds is 7. The van der Waals surface area contributed by atoms with Gasteiger partial charge in [0.25, 0.3) is 0 Å². The van der Waals surface area contributed by atoms with Crippen molar-refractivity contribution in [2.75, 3.05) is 4.90 Å². The van der Waals surface area contributed by atoms with Gasteiger partial charge in [-0.15, -0.1) is 0 Å². The third-order valence-corrected chi connectivity index (χ3v) is 10.9. The Balaban J connectivity index is 1.04. The van der Waals surface area contributed by atoms with Crippen LogP contribution in [0.5, 0.6) is 0 Å². The molecule has 0 amide bonds. The van der Waals surface area contributed by atoms with Gasteiger partial charge in [0, 0.05) is 17.1 Å². The van der Waals surface area contributed by atoms with Crippen LogP contribution in [0.3, 0.4) is 0 Å². The lowest BCUT2D eigenvalue weighted by Gasteiger charge is -2.26. The van der Waals surface area contributed by atoms with Crippen LogP contribution in [-0.2, 0) is 0 Å². The number of nitrogens with zero attached hydrogens (tertiary/aromatic N) is 1. The van der Waals surface area contributed by atoms with Gasteiger partial charge >= 0.3 is 0 Å². The predicted octanol–water partition coefficient (Wildman–Crippen LogP) is 15.3. The molecule has 10 aromatic rings. The standard InChI is InChI=1S/C54H37N/c1-4-12-38(13-5-1)41-20-28-46(29-21-41)55(47-30-22-42(23-31-47)39-14-6-2-7-15-39)48-32-24-43(25-33-48)45-27-35-52-51-34-26-44(40-16-8-3-9-17-40)36-53(51)49-18-10-11-19-50(49)54(52)37-45/h1-37H. The molecule has 0 N–H and O–H groups in total. The summed E-state index contributed by atoms with van der Waals surface area (Å²) in [5.74, 6) is 0. The van der Waals surface area contributed by atoms with Gasteiger partial charge in [-0.2, -0.15) is 0 Å². The molecule has 0 aliphatic carbocycles. The highest BCUT2D eigenvalue weighted by atomic mass is 15.1. The highest BCUT2D eigenvalue weighted by Crippen LogP contribution is 2.41. The Labute approximate surface area is 322 Å². The summed E-state index contributed by atoms with van der Waals surface area (Å²) >= 11 is 0. The molecule has 10 aromatic carbocycles. The Bertz CT molecular complexity index is 2810. The van der Waals surface area contributed by atoms with Crippen molar-refractivity contribution in [1.82, 2.24) is 0 Å². The fraction of sp³-hybridized carbons (Fsp3) is 0. The number of hydrogen-bond donors (Lipinski definition) is 0. The van der Waals surface area contributed by atoms with Gasteiger partial charge in [-0.1, -0.05) is 176 Å². The molecule has 0 bridgehead atoms. The fourth-order valence-electron chi connectivity index (χ4n) is 8.06. The lowest BCUT2D eigenvalue weighted by atomic mass is 9.90. The molecule has 0 aliphatic rings. The second-order valence-electron chi connectivity index (χ2n) is 14.1. The first-order valence-corrected chi connectivity index (χ1v) is 18.9. The minimum absolute atomic E-state index is 1.11. The van der Waals surface area contributed by atoms with Crippen molar-refractivity contribution in [2.24, 2.45) is 0 Å². The van der Waals surface area contributed by atoms with Crippen LogP contribution in [0.4, 0.5) is 17.1 Å². The van der Waals surface area contributed by atoms with E-state index in [1.807, 2.05) is 0 Å². The molecule has 0 radical (unpaired) electrons. The van der Waals surface area contributed by atoms with E-state index in [0.717, 1.165) is 17.1 Å². The number of benzene rings is 10. The topological polar surface area (TPSA) is 3.24 Å². The molecule has 0 unspecified atom stereocenters. The van der Waals surface area contributed by atoms with Crippen LogP contribution in [0.1, 0.15) is 0 Å². The first-order chi connectivity index (χ1) is 27.3. The van der Waals surface area contributed by atoms with E-state index in [2.05, 4.69) is 229 Å². The van der Waals surface area contributed by atoms with Crippen molar-refractivity contribution >= 4 is 49.4 Å². The summed E-state index contributed by atoms with van der Waals surface area (Å²) in [4.78, 5) is 2.34. The zero-order valence-electron chi connectivity index (χ0n) is 30.3. The molecular weight excluding hydrogens is 663 g/mol. The zero-order chi connectivity index (χ0) is 36.6. The van der Waals surface area contributed by atoms with Crippen molar-refractivity contribution in [1.29, 1.82) is 0 Å². The van der Waals surface area contributed by atoms with Crippen LogP contribution in [-0.4, -0.2) is 0 Å². The zero-order valence-corrected chi connectivity index (χ0v) is 30.3. The minimum atomic E-state index is 1.11. The monoisotopic (exact) mass is 699 g/mol. The van der Waals surface area contributed by atoms with Crippen LogP contribution in [0.2, 0.25) is 0 Å². The summed E-state index contributed by atoms with van der Waals surface area (Å²) < 4.78 is 0. The van der Waals surface area contributed by atoms with Crippen molar-refractivity contribution in [3.8, 4) is 44.5 Å². The highest BCUT2D eigenvalue weighted by Gasteiger charge is 2.15. The second kappa shape index (κ2) is 14.0. The maximum Gasteiger partial charge on any atom is 0.0462 e. The van der Waals surface area contributed by atoms with Crippen LogP contribution in [0.15, 0.2) is 224 Å². The van der Waals surface area contributed by atoms with E-state index in [9.17, 15) is 0 Å².